The number of nitrogens with zero attached hydrogens (tertiary/aromatic N) is 2. The molecule has 0 spiro atoms. The number of rotatable bonds is 7. The summed E-state index contributed by atoms with van der Waals surface area (Å²) in [5.74, 6) is 0.104. The van der Waals surface area contributed by atoms with Crippen LogP contribution >= 0.6 is 11.3 Å². The lowest BCUT2D eigenvalue weighted by Gasteiger charge is -2.39. The summed E-state index contributed by atoms with van der Waals surface area (Å²) in [6.45, 7) is 6.20. The van der Waals surface area contributed by atoms with Crippen LogP contribution in [0.5, 0.6) is 0 Å². The summed E-state index contributed by atoms with van der Waals surface area (Å²) in [4.78, 5) is 18.5. The Morgan fingerprint density at radius 1 is 0.900 bits per heavy atom. The van der Waals surface area contributed by atoms with Crippen LogP contribution in [0, 0.1) is 0 Å². The van der Waals surface area contributed by atoms with E-state index in [2.05, 4.69) is 81.8 Å². The number of hydrogen-bond acceptors (Lipinski definition) is 4. The van der Waals surface area contributed by atoms with Crippen LogP contribution in [0.15, 0.2) is 78.2 Å². The molecule has 30 heavy (non-hydrogen) atoms. The van der Waals surface area contributed by atoms with Crippen LogP contribution in [-0.4, -0.2) is 48.4 Å². The van der Waals surface area contributed by atoms with Crippen molar-refractivity contribution in [1.82, 2.24) is 15.1 Å². The molecule has 156 valence electrons. The van der Waals surface area contributed by atoms with Crippen molar-refractivity contribution in [1.29, 1.82) is 0 Å². The Hall–Kier alpha value is -2.47. The average molecular weight is 420 g/mol. The summed E-state index contributed by atoms with van der Waals surface area (Å²) in [6, 6.07) is 25.8. The summed E-state index contributed by atoms with van der Waals surface area (Å²) < 4.78 is 0. The smallest absolute Gasteiger partial charge is 0.234 e. The van der Waals surface area contributed by atoms with Crippen molar-refractivity contribution in [2.45, 2.75) is 19.0 Å². The first kappa shape index (κ1) is 20.8. The number of carbonyl (C=O) groups excluding carboxylic acids is 1. The molecular weight excluding hydrogens is 390 g/mol. The second kappa shape index (κ2) is 10.0. The van der Waals surface area contributed by atoms with E-state index in [1.54, 1.807) is 11.3 Å². The fourth-order valence-electron chi connectivity index (χ4n) is 4.16. The molecule has 2 heterocycles. The SMILES string of the molecule is C[C@@H](NC(=O)CN1CCN(C(c2ccccc2)c2ccccc2)CC1)c1cccs1. The van der Waals surface area contributed by atoms with Gasteiger partial charge in [-0.1, -0.05) is 66.7 Å². The van der Waals surface area contributed by atoms with Gasteiger partial charge in [-0.3, -0.25) is 14.6 Å². The van der Waals surface area contributed by atoms with E-state index in [0.717, 1.165) is 26.2 Å². The van der Waals surface area contributed by atoms with Crippen LogP contribution < -0.4 is 5.32 Å². The van der Waals surface area contributed by atoms with Crippen molar-refractivity contribution >= 4 is 17.2 Å². The van der Waals surface area contributed by atoms with Gasteiger partial charge in [-0.2, -0.15) is 0 Å². The predicted octanol–water partition coefficient (Wildman–Crippen LogP) is 4.33. The Morgan fingerprint density at radius 2 is 1.50 bits per heavy atom. The van der Waals surface area contributed by atoms with Crippen molar-refractivity contribution in [2.24, 2.45) is 0 Å². The lowest BCUT2D eigenvalue weighted by Crippen LogP contribution is -2.50. The van der Waals surface area contributed by atoms with Gasteiger partial charge in [-0.05, 0) is 29.5 Å². The quantitative estimate of drug-likeness (QED) is 0.619. The first-order valence-electron chi connectivity index (χ1n) is 10.6. The summed E-state index contributed by atoms with van der Waals surface area (Å²) in [5.41, 5.74) is 2.64. The third-order valence-corrected chi connectivity index (χ3v) is 6.77. The fraction of sp³-hybridized carbons (Fsp3) is 0.320. The van der Waals surface area contributed by atoms with Gasteiger partial charge in [0.25, 0.3) is 0 Å². The van der Waals surface area contributed by atoms with Crippen LogP contribution in [0.4, 0.5) is 0 Å². The van der Waals surface area contributed by atoms with Crippen molar-refractivity contribution < 1.29 is 4.79 Å². The molecule has 5 heteroatoms. The number of piperazine rings is 1. The summed E-state index contributed by atoms with van der Waals surface area (Å²) in [7, 11) is 0. The molecular formula is C25H29N3OS. The molecule has 1 N–H and O–H groups in total. The van der Waals surface area contributed by atoms with Crippen LogP contribution in [0.1, 0.15) is 35.0 Å². The zero-order chi connectivity index (χ0) is 20.8. The van der Waals surface area contributed by atoms with Crippen LogP contribution in [0.25, 0.3) is 0 Å². The topological polar surface area (TPSA) is 35.6 Å². The van der Waals surface area contributed by atoms with Crippen molar-refractivity contribution in [3.8, 4) is 0 Å². The highest BCUT2D eigenvalue weighted by Crippen LogP contribution is 2.29. The second-order valence-electron chi connectivity index (χ2n) is 7.84. The largest absolute Gasteiger partial charge is 0.348 e. The van der Waals surface area contributed by atoms with E-state index >= 15 is 0 Å². The highest BCUT2D eigenvalue weighted by molar-refractivity contribution is 7.10. The number of thiophene rings is 1. The lowest BCUT2D eigenvalue weighted by molar-refractivity contribution is -0.123. The van der Waals surface area contributed by atoms with Gasteiger partial charge >= 0.3 is 0 Å². The molecule has 0 saturated carbocycles. The van der Waals surface area contributed by atoms with Crippen LogP contribution in [-0.2, 0) is 4.79 Å². The molecule has 0 aliphatic carbocycles. The van der Waals surface area contributed by atoms with Gasteiger partial charge in [-0.15, -0.1) is 11.3 Å². The molecule has 1 aliphatic rings. The molecule has 0 bridgehead atoms. The van der Waals surface area contributed by atoms with Crippen molar-refractivity contribution in [3.05, 3.63) is 94.2 Å². The first-order valence-corrected chi connectivity index (χ1v) is 11.5. The van der Waals surface area contributed by atoms with Gasteiger partial charge in [0.1, 0.15) is 0 Å². The van der Waals surface area contributed by atoms with Gasteiger partial charge in [0.2, 0.25) is 5.91 Å². The Morgan fingerprint density at radius 3 is 2.03 bits per heavy atom. The molecule has 1 atom stereocenters. The molecule has 4 rings (SSSR count). The van der Waals surface area contributed by atoms with Crippen LogP contribution in [0.3, 0.4) is 0 Å². The lowest BCUT2D eigenvalue weighted by atomic mass is 9.96. The first-order chi connectivity index (χ1) is 14.7. The van der Waals surface area contributed by atoms with Crippen molar-refractivity contribution in [2.75, 3.05) is 32.7 Å². The molecule has 1 aliphatic heterocycles. The normalized spacial score (nSPS) is 16.5. The Balaban J connectivity index is 1.36. The minimum atomic E-state index is 0.0688. The molecule has 3 aromatic rings. The number of carbonyl (C=O) groups is 1. The maximum Gasteiger partial charge on any atom is 0.234 e. The van der Waals surface area contributed by atoms with E-state index in [9.17, 15) is 4.79 Å². The van der Waals surface area contributed by atoms with E-state index in [1.807, 2.05) is 18.4 Å². The summed E-state index contributed by atoms with van der Waals surface area (Å²) in [6.07, 6.45) is 0. The molecule has 1 amide bonds. The second-order valence-corrected chi connectivity index (χ2v) is 8.82. The highest BCUT2D eigenvalue weighted by atomic mass is 32.1. The van der Waals surface area contributed by atoms with Crippen molar-refractivity contribution in [3.63, 3.8) is 0 Å². The Labute approximate surface area is 183 Å². The standard InChI is InChI=1S/C25H29N3OS/c1-20(23-13-8-18-30-23)26-24(29)19-27-14-16-28(17-15-27)25(21-9-4-2-5-10-21)22-11-6-3-7-12-22/h2-13,18,20,25H,14-17,19H2,1H3,(H,26,29)/t20-/m1/s1. The molecule has 1 saturated heterocycles. The minimum absolute atomic E-state index is 0.0688. The van der Waals surface area contributed by atoms with E-state index < -0.39 is 0 Å². The number of nitrogens with one attached hydrogen (secondary N) is 1. The number of amides is 1. The van der Waals surface area contributed by atoms with E-state index in [4.69, 9.17) is 0 Å². The fourth-order valence-corrected chi connectivity index (χ4v) is 4.90. The number of benzene rings is 2. The van der Waals surface area contributed by atoms with Gasteiger partial charge in [-0.25, -0.2) is 0 Å². The van der Waals surface area contributed by atoms with Gasteiger partial charge in [0.05, 0.1) is 18.6 Å². The zero-order valence-electron chi connectivity index (χ0n) is 17.4. The molecule has 2 aromatic carbocycles. The van der Waals surface area contributed by atoms with Crippen LogP contribution in [0.2, 0.25) is 0 Å². The Kier molecular flexibility index (Phi) is 6.95. The molecule has 0 unspecified atom stereocenters. The maximum atomic E-state index is 12.5. The Bertz CT molecular complexity index is 867. The predicted molar refractivity (Wildman–Crippen MR) is 124 cm³/mol. The highest BCUT2D eigenvalue weighted by Gasteiger charge is 2.27. The molecule has 1 fully saturated rings. The van der Waals surface area contributed by atoms with E-state index in [0.29, 0.717) is 6.54 Å². The monoisotopic (exact) mass is 419 g/mol. The number of hydrogen-bond donors (Lipinski definition) is 1. The molecule has 0 radical (unpaired) electrons. The average Bonchev–Trinajstić information content (AvgIpc) is 3.32. The van der Waals surface area contributed by atoms with Gasteiger partial charge in [0.15, 0.2) is 0 Å². The van der Waals surface area contributed by atoms with Gasteiger partial charge in [0, 0.05) is 31.1 Å². The molecule has 4 nitrogen and oxygen atoms in total. The van der Waals surface area contributed by atoms with Gasteiger partial charge < -0.3 is 5.32 Å². The summed E-state index contributed by atoms with van der Waals surface area (Å²) in [5, 5.41) is 5.18. The zero-order valence-corrected chi connectivity index (χ0v) is 18.2. The summed E-state index contributed by atoms with van der Waals surface area (Å²) >= 11 is 1.68. The third kappa shape index (κ3) is 5.17. The minimum Gasteiger partial charge on any atom is -0.348 e. The van der Waals surface area contributed by atoms with E-state index in [-0.39, 0.29) is 18.0 Å². The maximum absolute atomic E-state index is 12.5. The van der Waals surface area contributed by atoms with E-state index in [1.165, 1.54) is 16.0 Å². The molecule has 1 aromatic heterocycles. The third-order valence-electron chi connectivity index (χ3n) is 5.72.